The molecule has 3 fully saturated rings. The molecule has 0 spiro atoms. The summed E-state index contributed by atoms with van der Waals surface area (Å²) in [7, 11) is 0. The summed E-state index contributed by atoms with van der Waals surface area (Å²) in [6, 6.07) is 1.94. The van der Waals surface area contributed by atoms with Gasteiger partial charge in [0.2, 0.25) is 0 Å². The molecule has 28 heavy (non-hydrogen) atoms. The Labute approximate surface area is 168 Å². The van der Waals surface area contributed by atoms with Gasteiger partial charge in [-0.3, -0.25) is 19.0 Å². The minimum Gasteiger partial charge on any atom is -0.391 e. The molecule has 0 bridgehead atoms. The Morgan fingerprint density at radius 3 is 2.79 bits per heavy atom. The predicted octanol–water partition coefficient (Wildman–Crippen LogP) is 0.968. The molecule has 4 atom stereocenters. The van der Waals surface area contributed by atoms with Gasteiger partial charge < -0.3 is 9.84 Å². The molecule has 5 rings (SSSR count). The SMILES string of the molecule is Cc1cn2c(=O)cc(CN3C[C@H]4C[C@@H](N5CCOCC5)[C@H](O)C[C@H]4C3)nc2s1. The molecule has 0 radical (unpaired) electrons. The first-order valence-corrected chi connectivity index (χ1v) is 11.1. The van der Waals surface area contributed by atoms with E-state index < -0.39 is 0 Å². The number of hydrogen-bond donors (Lipinski definition) is 1. The number of aliphatic hydroxyl groups is 1. The number of aryl methyl sites for hydroxylation is 1. The molecular weight excluding hydrogens is 376 g/mol. The average molecular weight is 405 g/mol. The second-order valence-corrected chi connectivity index (χ2v) is 9.76. The lowest BCUT2D eigenvalue weighted by atomic mass is 9.77. The van der Waals surface area contributed by atoms with Crippen LogP contribution in [0, 0.1) is 18.8 Å². The largest absolute Gasteiger partial charge is 0.391 e. The maximum absolute atomic E-state index is 12.4. The van der Waals surface area contributed by atoms with Crippen LogP contribution in [0.5, 0.6) is 0 Å². The van der Waals surface area contributed by atoms with Gasteiger partial charge in [-0.2, -0.15) is 0 Å². The monoisotopic (exact) mass is 404 g/mol. The molecule has 152 valence electrons. The number of aliphatic hydroxyl groups excluding tert-OH is 1. The zero-order valence-corrected chi connectivity index (χ0v) is 17.1. The van der Waals surface area contributed by atoms with Gasteiger partial charge in [-0.1, -0.05) is 0 Å². The van der Waals surface area contributed by atoms with E-state index in [4.69, 9.17) is 9.72 Å². The van der Waals surface area contributed by atoms with Gasteiger partial charge in [-0.25, -0.2) is 4.98 Å². The van der Waals surface area contributed by atoms with Crippen molar-refractivity contribution < 1.29 is 9.84 Å². The number of aromatic nitrogens is 2. The van der Waals surface area contributed by atoms with Crippen molar-refractivity contribution in [3.05, 3.63) is 33.2 Å². The molecule has 0 aromatic carbocycles. The van der Waals surface area contributed by atoms with E-state index in [-0.39, 0.29) is 17.7 Å². The van der Waals surface area contributed by atoms with E-state index in [1.807, 2.05) is 13.1 Å². The van der Waals surface area contributed by atoms with E-state index in [0.717, 1.165) is 67.8 Å². The third kappa shape index (κ3) is 3.52. The lowest BCUT2D eigenvalue weighted by Crippen LogP contribution is -2.53. The first kappa shape index (κ1) is 18.7. The fourth-order valence-electron chi connectivity index (χ4n) is 5.30. The van der Waals surface area contributed by atoms with Crippen molar-refractivity contribution in [2.45, 2.75) is 38.5 Å². The topological polar surface area (TPSA) is 70.3 Å². The summed E-state index contributed by atoms with van der Waals surface area (Å²) in [6.07, 6.45) is 3.55. The number of rotatable bonds is 3. The summed E-state index contributed by atoms with van der Waals surface area (Å²) in [4.78, 5) is 23.8. The van der Waals surface area contributed by atoms with Gasteiger partial charge in [0.15, 0.2) is 4.96 Å². The van der Waals surface area contributed by atoms with Gasteiger partial charge in [0, 0.05) is 55.9 Å². The van der Waals surface area contributed by atoms with Crippen LogP contribution in [-0.4, -0.2) is 75.8 Å². The summed E-state index contributed by atoms with van der Waals surface area (Å²) in [5.74, 6) is 1.16. The fourth-order valence-corrected chi connectivity index (χ4v) is 6.15. The summed E-state index contributed by atoms with van der Waals surface area (Å²) < 4.78 is 7.11. The number of likely N-dealkylation sites (tertiary alicyclic amines) is 1. The maximum Gasteiger partial charge on any atom is 0.258 e. The smallest absolute Gasteiger partial charge is 0.258 e. The molecule has 1 N–H and O–H groups in total. The van der Waals surface area contributed by atoms with E-state index >= 15 is 0 Å². The van der Waals surface area contributed by atoms with Crippen LogP contribution in [0.2, 0.25) is 0 Å². The Bertz CT molecular complexity index is 906. The molecule has 3 aliphatic rings. The number of ether oxygens (including phenoxy) is 1. The van der Waals surface area contributed by atoms with Gasteiger partial charge in [-0.15, -0.1) is 11.3 Å². The highest BCUT2D eigenvalue weighted by molar-refractivity contribution is 7.16. The van der Waals surface area contributed by atoms with Crippen molar-refractivity contribution in [2.75, 3.05) is 39.4 Å². The number of nitrogens with zero attached hydrogens (tertiary/aromatic N) is 4. The van der Waals surface area contributed by atoms with Crippen LogP contribution < -0.4 is 5.56 Å². The fraction of sp³-hybridized carbons (Fsp3) is 0.700. The van der Waals surface area contributed by atoms with Crippen molar-refractivity contribution in [2.24, 2.45) is 11.8 Å². The molecule has 1 aliphatic carbocycles. The highest BCUT2D eigenvalue weighted by Gasteiger charge is 2.43. The number of morpholine rings is 1. The highest BCUT2D eigenvalue weighted by Crippen LogP contribution is 2.38. The Morgan fingerprint density at radius 2 is 2.00 bits per heavy atom. The first-order valence-electron chi connectivity index (χ1n) is 10.3. The van der Waals surface area contributed by atoms with Gasteiger partial charge in [0.25, 0.3) is 5.56 Å². The molecule has 7 nitrogen and oxygen atoms in total. The van der Waals surface area contributed by atoms with Gasteiger partial charge in [-0.05, 0) is 31.6 Å². The molecule has 0 unspecified atom stereocenters. The molecule has 2 aliphatic heterocycles. The Hall–Kier alpha value is -1.32. The molecule has 2 saturated heterocycles. The molecular formula is C20H28N4O3S. The Kier molecular flexibility index (Phi) is 5.00. The van der Waals surface area contributed by atoms with Crippen LogP contribution in [0.15, 0.2) is 17.1 Å². The summed E-state index contributed by atoms with van der Waals surface area (Å²) in [5, 5.41) is 10.7. The quantitative estimate of drug-likeness (QED) is 0.822. The third-order valence-corrected chi connectivity index (χ3v) is 7.52. The summed E-state index contributed by atoms with van der Waals surface area (Å²) >= 11 is 1.56. The molecule has 1 saturated carbocycles. The molecule has 8 heteroatoms. The normalized spacial score (nSPS) is 32.1. The van der Waals surface area contributed by atoms with Gasteiger partial charge in [0.05, 0.1) is 25.0 Å². The van der Waals surface area contributed by atoms with E-state index in [1.165, 1.54) is 0 Å². The molecule has 2 aromatic rings. The predicted molar refractivity (Wildman–Crippen MR) is 108 cm³/mol. The van der Waals surface area contributed by atoms with Crippen LogP contribution in [0.4, 0.5) is 0 Å². The highest BCUT2D eigenvalue weighted by atomic mass is 32.1. The van der Waals surface area contributed by atoms with E-state index in [2.05, 4.69) is 9.80 Å². The second-order valence-electron chi connectivity index (χ2n) is 8.55. The van der Waals surface area contributed by atoms with Crippen LogP contribution >= 0.6 is 11.3 Å². The lowest BCUT2D eigenvalue weighted by molar-refractivity contribution is -0.0520. The summed E-state index contributed by atoms with van der Waals surface area (Å²) in [6.45, 7) is 8.14. The van der Waals surface area contributed by atoms with Crippen LogP contribution in [0.1, 0.15) is 23.4 Å². The average Bonchev–Trinajstić information content (AvgIpc) is 3.23. The maximum atomic E-state index is 12.4. The molecule has 2 aromatic heterocycles. The zero-order valence-electron chi connectivity index (χ0n) is 16.3. The van der Waals surface area contributed by atoms with E-state index in [1.54, 1.807) is 21.8 Å². The number of thiazole rings is 1. The first-order chi connectivity index (χ1) is 13.6. The van der Waals surface area contributed by atoms with Crippen molar-refractivity contribution >= 4 is 16.3 Å². The van der Waals surface area contributed by atoms with Crippen LogP contribution in [0.25, 0.3) is 4.96 Å². The third-order valence-electron chi connectivity index (χ3n) is 6.62. The standard InChI is InChI=1S/C20H28N4O3S/c1-13-9-24-19(26)8-16(21-20(24)28-13)12-22-10-14-6-17(18(25)7-15(14)11-22)23-2-4-27-5-3-23/h8-9,14-15,17-18,25H,2-7,10-12H2,1H3/t14-,15+,17-,18-/m1/s1. The van der Waals surface area contributed by atoms with E-state index in [0.29, 0.717) is 18.4 Å². The molecule has 4 heterocycles. The van der Waals surface area contributed by atoms with Crippen molar-refractivity contribution in [3.8, 4) is 0 Å². The zero-order chi connectivity index (χ0) is 19.3. The minimum absolute atomic E-state index is 0.00349. The Morgan fingerprint density at radius 1 is 1.25 bits per heavy atom. The second kappa shape index (κ2) is 7.50. The van der Waals surface area contributed by atoms with Gasteiger partial charge >= 0.3 is 0 Å². The number of fused-ring (bicyclic) bond motifs is 2. The Balaban J connectivity index is 1.27. The van der Waals surface area contributed by atoms with Crippen LogP contribution in [-0.2, 0) is 11.3 Å². The lowest BCUT2D eigenvalue weighted by Gasteiger charge is -2.43. The molecule has 0 amide bonds. The van der Waals surface area contributed by atoms with Gasteiger partial charge in [0.1, 0.15) is 0 Å². The van der Waals surface area contributed by atoms with Crippen LogP contribution in [0.3, 0.4) is 0 Å². The van der Waals surface area contributed by atoms with E-state index in [9.17, 15) is 9.90 Å². The number of hydrogen-bond acceptors (Lipinski definition) is 7. The van der Waals surface area contributed by atoms with Crippen molar-refractivity contribution in [3.63, 3.8) is 0 Å². The van der Waals surface area contributed by atoms with Crippen molar-refractivity contribution in [1.82, 2.24) is 19.2 Å². The minimum atomic E-state index is -0.243. The van der Waals surface area contributed by atoms with Crippen molar-refractivity contribution in [1.29, 1.82) is 0 Å². The summed E-state index contributed by atoms with van der Waals surface area (Å²) in [5.41, 5.74) is 0.861.